The van der Waals surface area contributed by atoms with Crippen molar-refractivity contribution in [3.8, 4) is 0 Å². The van der Waals surface area contributed by atoms with Gasteiger partial charge in [-0.1, -0.05) is 35.9 Å². The number of hydrogen-bond acceptors (Lipinski definition) is 1. The van der Waals surface area contributed by atoms with Crippen molar-refractivity contribution in [1.29, 1.82) is 0 Å². The Bertz CT molecular complexity index is 649. The van der Waals surface area contributed by atoms with E-state index in [0.29, 0.717) is 5.11 Å². The molecule has 2 rings (SSSR count). The Morgan fingerprint density at radius 1 is 1.00 bits per heavy atom. The summed E-state index contributed by atoms with van der Waals surface area (Å²) in [5, 5.41) is 7.23. The Labute approximate surface area is 132 Å². The fourth-order valence-corrected chi connectivity index (χ4v) is 2.77. The minimum Gasteiger partial charge on any atom is -0.356 e. The monoisotopic (exact) mass is 298 g/mol. The van der Waals surface area contributed by atoms with Crippen LogP contribution in [-0.2, 0) is 0 Å². The van der Waals surface area contributed by atoms with E-state index >= 15 is 0 Å². The standard InChI is InChI=1S/C18H22N2S/c1-12-6-5-7-16(11-12)20-18(21)19-15(4)17-9-8-13(2)10-14(17)3/h5-11,15H,1-4H3,(H2,19,20,21). The molecule has 0 saturated carbocycles. The average Bonchev–Trinajstić information content (AvgIpc) is 2.38. The lowest BCUT2D eigenvalue weighted by Crippen LogP contribution is -2.31. The molecule has 2 aromatic carbocycles. The third-order valence-corrected chi connectivity index (χ3v) is 3.74. The number of aryl methyl sites for hydroxylation is 3. The van der Waals surface area contributed by atoms with Crippen molar-refractivity contribution in [1.82, 2.24) is 5.32 Å². The van der Waals surface area contributed by atoms with Crippen LogP contribution in [0.1, 0.15) is 35.2 Å². The van der Waals surface area contributed by atoms with Crippen molar-refractivity contribution in [3.63, 3.8) is 0 Å². The van der Waals surface area contributed by atoms with Gasteiger partial charge < -0.3 is 10.6 Å². The van der Waals surface area contributed by atoms with Gasteiger partial charge in [0.05, 0.1) is 6.04 Å². The van der Waals surface area contributed by atoms with Gasteiger partial charge in [-0.25, -0.2) is 0 Å². The van der Waals surface area contributed by atoms with Crippen LogP contribution in [0.4, 0.5) is 5.69 Å². The second-order valence-corrected chi connectivity index (χ2v) is 5.96. The first-order chi connectivity index (χ1) is 9.95. The number of rotatable bonds is 3. The first kappa shape index (κ1) is 15.5. The Morgan fingerprint density at radius 2 is 1.71 bits per heavy atom. The molecule has 0 aliphatic carbocycles. The minimum atomic E-state index is 0.176. The summed E-state index contributed by atoms with van der Waals surface area (Å²) in [5.41, 5.74) is 6.07. The van der Waals surface area contributed by atoms with Crippen molar-refractivity contribution in [3.05, 3.63) is 64.7 Å². The van der Waals surface area contributed by atoms with E-state index in [1.807, 2.05) is 12.1 Å². The van der Waals surface area contributed by atoms with Crippen LogP contribution in [0.5, 0.6) is 0 Å². The molecule has 2 aromatic rings. The summed E-state index contributed by atoms with van der Waals surface area (Å²) in [4.78, 5) is 0. The Kier molecular flexibility index (Phi) is 4.97. The average molecular weight is 298 g/mol. The highest BCUT2D eigenvalue weighted by atomic mass is 32.1. The molecular formula is C18H22N2S. The smallest absolute Gasteiger partial charge is 0.171 e. The third kappa shape index (κ3) is 4.30. The predicted molar refractivity (Wildman–Crippen MR) is 94.9 cm³/mol. The molecule has 0 radical (unpaired) electrons. The number of nitrogens with one attached hydrogen (secondary N) is 2. The molecule has 0 aliphatic heterocycles. The molecule has 1 unspecified atom stereocenters. The molecule has 0 spiro atoms. The molecule has 0 aromatic heterocycles. The fourth-order valence-electron chi connectivity index (χ4n) is 2.48. The molecule has 0 amide bonds. The van der Waals surface area contributed by atoms with E-state index in [1.54, 1.807) is 0 Å². The van der Waals surface area contributed by atoms with E-state index in [0.717, 1.165) is 5.69 Å². The van der Waals surface area contributed by atoms with Crippen LogP contribution in [0, 0.1) is 20.8 Å². The molecular weight excluding hydrogens is 276 g/mol. The summed E-state index contributed by atoms with van der Waals surface area (Å²) in [6.07, 6.45) is 0. The zero-order valence-electron chi connectivity index (χ0n) is 13.0. The van der Waals surface area contributed by atoms with Crippen molar-refractivity contribution in [2.45, 2.75) is 33.7 Å². The van der Waals surface area contributed by atoms with Crippen LogP contribution >= 0.6 is 12.2 Å². The number of thiocarbonyl (C=S) groups is 1. The van der Waals surface area contributed by atoms with Crippen LogP contribution in [-0.4, -0.2) is 5.11 Å². The van der Waals surface area contributed by atoms with Gasteiger partial charge in [0, 0.05) is 5.69 Å². The van der Waals surface area contributed by atoms with Crippen molar-refractivity contribution < 1.29 is 0 Å². The van der Waals surface area contributed by atoms with Crippen LogP contribution in [0.2, 0.25) is 0 Å². The zero-order valence-corrected chi connectivity index (χ0v) is 13.8. The molecule has 2 nitrogen and oxygen atoms in total. The fraction of sp³-hybridized carbons (Fsp3) is 0.278. The first-order valence-corrected chi connectivity index (χ1v) is 7.58. The molecule has 0 aliphatic rings. The molecule has 0 saturated heterocycles. The molecule has 110 valence electrons. The van der Waals surface area contributed by atoms with Crippen LogP contribution in [0.3, 0.4) is 0 Å². The predicted octanol–water partition coefficient (Wildman–Crippen LogP) is 4.66. The highest BCUT2D eigenvalue weighted by Crippen LogP contribution is 2.19. The lowest BCUT2D eigenvalue weighted by molar-refractivity contribution is 0.717. The maximum absolute atomic E-state index is 5.40. The van der Waals surface area contributed by atoms with Gasteiger partial charge in [-0.2, -0.15) is 0 Å². The summed E-state index contributed by atoms with van der Waals surface area (Å²) in [7, 11) is 0. The lowest BCUT2D eigenvalue weighted by atomic mass is 10.0. The molecule has 2 N–H and O–H groups in total. The van der Waals surface area contributed by atoms with E-state index < -0.39 is 0 Å². The normalized spacial score (nSPS) is 11.8. The largest absolute Gasteiger partial charge is 0.356 e. The van der Waals surface area contributed by atoms with Gasteiger partial charge >= 0.3 is 0 Å². The Hall–Kier alpha value is -1.87. The molecule has 0 heterocycles. The second kappa shape index (κ2) is 6.72. The molecule has 0 bridgehead atoms. The van der Waals surface area contributed by atoms with E-state index in [1.165, 1.54) is 22.3 Å². The van der Waals surface area contributed by atoms with Gasteiger partial charge in [0.2, 0.25) is 0 Å². The SMILES string of the molecule is Cc1cccc(NC(=S)NC(C)c2ccc(C)cc2C)c1. The highest BCUT2D eigenvalue weighted by molar-refractivity contribution is 7.80. The summed E-state index contributed by atoms with van der Waals surface area (Å²) in [6, 6.07) is 14.9. The maximum Gasteiger partial charge on any atom is 0.171 e. The summed E-state index contributed by atoms with van der Waals surface area (Å²) < 4.78 is 0. The van der Waals surface area contributed by atoms with Crippen molar-refractivity contribution >= 4 is 23.0 Å². The Balaban J connectivity index is 2.02. The van der Waals surface area contributed by atoms with Crippen LogP contribution < -0.4 is 10.6 Å². The third-order valence-electron chi connectivity index (χ3n) is 3.52. The van der Waals surface area contributed by atoms with Crippen LogP contribution in [0.15, 0.2) is 42.5 Å². The maximum atomic E-state index is 5.40. The molecule has 1 atom stereocenters. The van der Waals surface area contributed by atoms with Crippen molar-refractivity contribution in [2.24, 2.45) is 0 Å². The van der Waals surface area contributed by atoms with Gasteiger partial charge in [-0.3, -0.25) is 0 Å². The van der Waals surface area contributed by atoms with E-state index in [-0.39, 0.29) is 6.04 Å². The van der Waals surface area contributed by atoms with E-state index in [2.05, 4.69) is 68.7 Å². The summed E-state index contributed by atoms with van der Waals surface area (Å²) in [5.74, 6) is 0. The summed E-state index contributed by atoms with van der Waals surface area (Å²) in [6.45, 7) is 8.44. The molecule has 21 heavy (non-hydrogen) atoms. The quantitative estimate of drug-likeness (QED) is 0.806. The van der Waals surface area contributed by atoms with Crippen LogP contribution in [0.25, 0.3) is 0 Å². The van der Waals surface area contributed by atoms with Crippen molar-refractivity contribution in [2.75, 3.05) is 5.32 Å². The highest BCUT2D eigenvalue weighted by Gasteiger charge is 2.09. The topological polar surface area (TPSA) is 24.1 Å². The number of hydrogen-bond donors (Lipinski definition) is 2. The van der Waals surface area contributed by atoms with Gasteiger partial charge in [0.1, 0.15) is 0 Å². The lowest BCUT2D eigenvalue weighted by Gasteiger charge is -2.19. The molecule has 0 fully saturated rings. The Morgan fingerprint density at radius 3 is 2.38 bits per heavy atom. The van der Waals surface area contributed by atoms with E-state index in [9.17, 15) is 0 Å². The van der Waals surface area contributed by atoms with Gasteiger partial charge in [0.25, 0.3) is 0 Å². The van der Waals surface area contributed by atoms with Gasteiger partial charge in [0.15, 0.2) is 5.11 Å². The van der Waals surface area contributed by atoms with Gasteiger partial charge in [-0.05, 0) is 68.7 Å². The summed E-state index contributed by atoms with van der Waals surface area (Å²) >= 11 is 5.40. The van der Waals surface area contributed by atoms with Gasteiger partial charge in [-0.15, -0.1) is 0 Å². The first-order valence-electron chi connectivity index (χ1n) is 7.17. The molecule has 3 heteroatoms. The zero-order chi connectivity index (χ0) is 15.4. The van der Waals surface area contributed by atoms with E-state index in [4.69, 9.17) is 12.2 Å². The second-order valence-electron chi connectivity index (χ2n) is 5.55. The number of anilines is 1. The minimum absolute atomic E-state index is 0.176. The number of benzene rings is 2.